The molecule has 4 rings (SSSR count). The number of benzene rings is 1. The van der Waals surface area contributed by atoms with Gasteiger partial charge in [-0.25, -0.2) is 9.78 Å². The van der Waals surface area contributed by atoms with Gasteiger partial charge in [0.15, 0.2) is 0 Å². The Morgan fingerprint density at radius 1 is 1.17 bits per heavy atom. The molecule has 0 bridgehead atoms. The van der Waals surface area contributed by atoms with E-state index < -0.39 is 23.8 Å². The number of fused-ring (bicyclic) bond motifs is 1. The van der Waals surface area contributed by atoms with Gasteiger partial charge in [0.05, 0.1) is 26.9 Å². The lowest BCUT2D eigenvalue weighted by molar-refractivity contribution is -0.149. The van der Waals surface area contributed by atoms with Gasteiger partial charge in [-0.15, -0.1) is 11.3 Å². The molecule has 1 aliphatic heterocycles. The number of carbonyl (C=O) groups excluding carboxylic acids is 3. The first-order valence-corrected chi connectivity index (χ1v) is 10.9. The smallest absolute Gasteiger partial charge is 0.329 e. The lowest BCUT2D eigenvalue weighted by atomic mass is 10.1. The normalized spacial score (nSPS) is 14.2. The number of thiazole rings is 1. The third-order valence-electron chi connectivity index (χ3n) is 4.37. The first-order valence-electron chi connectivity index (χ1n) is 8.37. The topological polar surface area (TPSA) is 76.6 Å². The number of amides is 2. The first kappa shape index (κ1) is 20.0. The van der Waals surface area contributed by atoms with E-state index in [0.29, 0.717) is 5.69 Å². The van der Waals surface area contributed by atoms with Crippen LogP contribution in [0.5, 0.6) is 0 Å². The zero-order valence-electron chi connectivity index (χ0n) is 14.8. The standard InChI is InChI=1S/C19H12Cl2N2O4S2/c1-9(23-17(24)12-4-14(20)15(21)5-13(12)18(23)25)19(26)27-6-11-8-29-16(22-11)10-2-3-28-7-10/h2-5,7-9H,6H2,1H3/t9-/m0/s1. The highest BCUT2D eigenvalue weighted by Crippen LogP contribution is 2.32. The maximum absolute atomic E-state index is 12.6. The minimum absolute atomic E-state index is 0.0510. The van der Waals surface area contributed by atoms with E-state index in [-0.39, 0.29) is 27.8 Å². The minimum Gasteiger partial charge on any atom is -0.458 e. The predicted molar refractivity (Wildman–Crippen MR) is 112 cm³/mol. The van der Waals surface area contributed by atoms with Crippen molar-refractivity contribution in [2.75, 3.05) is 0 Å². The number of aromatic nitrogens is 1. The fourth-order valence-corrected chi connectivity index (χ4v) is 4.71. The summed E-state index contributed by atoms with van der Waals surface area (Å²) in [5, 5.41) is 6.90. The summed E-state index contributed by atoms with van der Waals surface area (Å²) in [4.78, 5) is 43.0. The summed E-state index contributed by atoms with van der Waals surface area (Å²) in [6.45, 7) is 1.38. The van der Waals surface area contributed by atoms with Crippen molar-refractivity contribution in [2.45, 2.75) is 19.6 Å². The third kappa shape index (κ3) is 3.69. The molecule has 0 aliphatic carbocycles. The second-order valence-electron chi connectivity index (χ2n) is 6.23. The minimum atomic E-state index is -1.10. The molecule has 1 aliphatic rings. The highest BCUT2D eigenvalue weighted by molar-refractivity contribution is 7.14. The summed E-state index contributed by atoms with van der Waals surface area (Å²) in [7, 11) is 0. The maximum atomic E-state index is 12.6. The number of rotatable bonds is 5. The molecular formula is C19H12Cl2N2O4S2. The number of hydrogen-bond donors (Lipinski definition) is 0. The number of hydrogen-bond acceptors (Lipinski definition) is 7. The van der Waals surface area contributed by atoms with Gasteiger partial charge in [0.1, 0.15) is 17.7 Å². The third-order valence-corrected chi connectivity index (χ3v) is 6.72. The van der Waals surface area contributed by atoms with Crippen molar-refractivity contribution < 1.29 is 19.1 Å². The number of nitrogens with zero attached hydrogens (tertiary/aromatic N) is 2. The van der Waals surface area contributed by atoms with Gasteiger partial charge in [-0.05, 0) is 30.5 Å². The van der Waals surface area contributed by atoms with Crippen LogP contribution in [0.25, 0.3) is 10.6 Å². The monoisotopic (exact) mass is 466 g/mol. The average Bonchev–Trinajstić information content (AvgIpc) is 3.42. The van der Waals surface area contributed by atoms with Gasteiger partial charge >= 0.3 is 5.97 Å². The molecule has 0 saturated carbocycles. The van der Waals surface area contributed by atoms with Crippen LogP contribution < -0.4 is 0 Å². The van der Waals surface area contributed by atoms with E-state index in [1.807, 2.05) is 16.8 Å². The molecule has 3 aromatic rings. The van der Waals surface area contributed by atoms with Gasteiger partial charge in [0.2, 0.25) is 0 Å². The van der Waals surface area contributed by atoms with Crippen LogP contribution in [0.4, 0.5) is 0 Å². The van der Waals surface area contributed by atoms with Crippen molar-refractivity contribution in [1.82, 2.24) is 9.88 Å². The Hall–Kier alpha value is -2.26. The highest BCUT2D eigenvalue weighted by atomic mass is 35.5. The van der Waals surface area contributed by atoms with E-state index in [0.717, 1.165) is 15.5 Å². The molecular weight excluding hydrogens is 455 g/mol. The van der Waals surface area contributed by atoms with Gasteiger partial charge in [-0.1, -0.05) is 23.2 Å². The Kier molecular flexibility index (Phi) is 5.44. The maximum Gasteiger partial charge on any atom is 0.329 e. The molecule has 29 heavy (non-hydrogen) atoms. The molecule has 0 unspecified atom stereocenters. The molecule has 2 amide bonds. The van der Waals surface area contributed by atoms with Crippen molar-refractivity contribution in [3.05, 3.63) is 61.2 Å². The van der Waals surface area contributed by atoms with E-state index in [1.54, 1.807) is 16.7 Å². The number of carbonyl (C=O) groups is 3. The van der Waals surface area contributed by atoms with Crippen LogP contribution in [0, 0.1) is 0 Å². The number of thiophene rings is 1. The van der Waals surface area contributed by atoms with Gasteiger partial charge < -0.3 is 4.74 Å². The summed E-state index contributed by atoms with van der Waals surface area (Å²) in [6.07, 6.45) is 0. The van der Waals surface area contributed by atoms with E-state index in [4.69, 9.17) is 27.9 Å². The van der Waals surface area contributed by atoms with Crippen LogP contribution >= 0.6 is 45.9 Å². The summed E-state index contributed by atoms with van der Waals surface area (Å²) >= 11 is 14.9. The molecule has 6 nitrogen and oxygen atoms in total. The lowest BCUT2D eigenvalue weighted by Gasteiger charge is -2.20. The quantitative estimate of drug-likeness (QED) is 0.394. The van der Waals surface area contributed by atoms with Crippen molar-refractivity contribution in [3.8, 4) is 10.6 Å². The van der Waals surface area contributed by atoms with Crippen molar-refractivity contribution in [3.63, 3.8) is 0 Å². The molecule has 0 radical (unpaired) electrons. The highest BCUT2D eigenvalue weighted by Gasteiger charge is 2.42. The van der Waals surface area contributed by atoms with Crippen LogP contribution in [-0.4, -0.2) is 33.7 Å². The van der Waals surface area contributed by atoms with Gasteiger partial charge in [-0.3, -0.25) is 14.5 Å². The molecule has 1 atom stereocenters. The number of imide groups is 1. The van der Waals surface area contributed by atoms with Crippen LogP contribution in [0.2, 0.25) is 10.0 Å². The second-order valence-corrected chi connectivity index (χ2v) is 8.68. The van der Waals surface area contributed by atoms with E-state index >= 15 is 0 Å². The Bertz CT molecular complexity index is 1090. The molecule has 148 valence electrons. The second kappa shape index (κ2) is 7.87. The van der Waals surface area contributed by atoms with Gasteiger partial charge in [-0.2, -0.15) is 11.3 Å². The Morgan fingerprint density at radius 2 is 1.83 bits per heavy atom. The Morgan fingerprint density at radius 3 is 2.41 bits per heavy atom. The Labute approximate surface area is 183 Å². The Balaban J connectivity index is 1.44. The SMILES string of the molecule is C[C@@H](C(=O)OCc1csc(-c2ccsc2)n1)N1C(=O)c2cc(Cl)c(Cl)cc2C1=O. The van der Waals surface area contributed by atoms with Gasteiger partial charge in [0.25, 0.3) is 11.8 Å². The number of halogens is 2. The summed E-state index contributed by atoms with van der Waals surface area (Å²) in [5.41, 5.74) is 1.83. The lowest BCUT2D eigenvalue weighted by Crippen LogP contribution is -2.43. The molecule has 2 aromatic heterocycles. The van der Waals surface area contributed by atoms with E-state index in [9.17, 15) is 14.4 Å². The molecule has 0 fully saturated rings. The van der Waals surface area contributed by atoms with Gasteiger partial charge in [0, 0.05) is 16.3 Å². The largest absolute Gasteiger partial charge is 0.458 e. The molecule has 0 saturated heterocycles. The predicted octanol–water partition coefficient (Wildman–Crippen LogP) is 4.91. The fourth-order valence-electron chi connectivity index (χ4n) is 2.87. The van der Waals surface area contributed by atoms with Crippen molar-refractivity contribution >= 4 is 63.7 Å². The zero-order chi connectivity index (χ0) is 20.7. The molecule has 1 aromatic carbocycles. The van der Waals surface area contributed by atoms with E-state index in [2.05, 4.69) is 4.98 Å². The first-order chi connectivity index (χ1) is 13.9. The van der Waals surface area contributed by atoms with Crippen LogP contribution in [0.3, 0.4) is 0 Å². The van der Waals surface area contributed by atoms with Crippen LogP contribution in [0.1, 0.15) is 33.3 Å². The summed E-state index contributed by atoms with van der Waals surface area (Å²) < 4.78 is 5.29. The molecule has 0 spiro atoms. The molecule has 0 N–H and O–H groups in total. The van der Waals surface area contributed by atoms with Crippen molar-refractivity contribution in [1.29, 1.82) is 0 Å². The average molecular weight is 467 g/mol. The number of esters is 1. The van der Waals surface area contributed by atoms with Crippen LogP contribution in [0.15, 0.2) is 34.3 Å². The molecule has 10 heteroatoms. The number of ether oxygens (including phenoxy) is 1. The van der Waals surface area contributed by atoms with Crippen molar-refractivity contribution in [2.24, 2.45) is 0 Å². The summed E-state index contributed by atoms with van der Waals surface area (Å²) in [5.74, 6) is -1.93. The summed E-state index contributed by atoms with van der Waals surface area (Å²) in [6, 6.07) is 3.52. The fraction of sp³-hybridized carbons (Fsp3) is 0.158. The molecule has 3 heterocycles. The van der Waals surface area contributed by atoms with E-state index in [1.165, 1.54) is 30.4 Å². The van der Waals surface area contributed by atoms with Crippen LogP contribution in [-0.2, 0) is 16.1 Å². The zero-order valence-corrected chi connectivity index (χ0v) is 18.0.